The molecule has 0 fully saturated rings. The van der Waals surface area contributed by atoms with Gasteiger partial charge in [-0.3, -0.25) is 4.79 Å². The lowest BCUT2D eigenvalue weighted by Gasteiger charge is -2.08. The Morgan fingerprint density at radius 1 is 1.47 bits per heavy atom. The van der Waals surface area contributed by atoms with Gasteiger partial charge in [0, 0.05) is 5.56 Å². The predicted octanol–water partition coefficient (Wildman–Crippen LogP) is 2.71. The van der Waals surface area contributed by atoms with Crippen LogP contribution in [0.3, 0.4) is 0 Å². The molecule has 0 saturated heterocycles. The molecule has 0 aliphatic heterocycles. The number of carbonyl (C=O) groups excluding carboxylic acids is 1. The third-order valence-corrected chi connectivity index (χ3v) is 2.82. The Labute approximate surface area is 98.4 Å². The molecular weight excluding hydrogens is 256 g/mol. The van der Waals surface area contributed by atoms with Gasteiger partial charge in [-0.1, -0.05) is 35.0 Å². The quantitative estimate of drug-likeness (QED) is 0.675. The molecule has 1 N–H and O–H groups in total. The minimum Gasteiger partial charge on any atom is -0.392 e. The van der Waals surface area contributed by atoms with Crippen LogP contribution in [0.25, 0.3) is 0 Å². The van der Waals surface area contributed by atoms with Gasteiger partial charge >= 0.3 is 0 Å². The minimum absolute atomic E-state index is 0.0293. The number of ketones is 1. The van der Waals surface area contributed by atoms with E-state index < -0.39 is 0 Å². The number of hydrogen-bond donors (Lipinski definition) is 1. The summed E-state index contributed by atoms with van der Waals surface area (Å²) >= 11 is 3.26. The van der Waals surface area contributed by atoms with Crippen LogP contribution in [0.4, 0.5) is 0 Å². The number of alkyl halides is 1. The van der Waals surface area contributed by atoms with E-state index in [9.17, 15) is 4.79 Å². The maximum atomic E-state index is 11.7. The van der Waals surface area contributed by atoms with E-state index in [4.69, 9.17) is 5.11 Å². The first-order chi connectivity index (χ1) is 7.10. The van der Waals surface area contributed by atoms with Crippen molar-refractivity contribution >= 4 is 21.7 Å². The maximum absolute atomic E-state index is 11.7. The Morgan fingerprint density at radius 3 is 2.60 bits per heavy atom. The van der Waals surface area contributed by atoms with Gasteiger partial charge in [-0.2, -0.15) is 0 Å². The largest absolute Gasteiger partial charge is 0.392 e. The fourth-order valence-electron chi connectivity index (χ4n) is 1.49. The zero-order valence-corrected chi connectivity index (χ0v) is 10.5. The molecule has 1 atom stereocenters. The lowest BCUT2D eigenvalue weighted by molar-refractivity contribution is 0.0995. The fraction of sp³-hybridized carbons (Fsp3) is 0.417. The molecule has 3 heteroatoms. The zero-order valence-electron chi connectivity index (χ0n) is 8.96. The van der Waals surface area contributed by atoms with Gasteiger partial charge in [0.05, 0.1) is 11.4 Å². The number of halogens is 1. The molecule has 0 spiro atoms. The molecule has 1 aromatic rings. The van der Waals surface area contributed by atoms with Crippen LogP contribution in [0.1, 0.15) is 35.3 Å². The molecule has 0 saturated carbocycles. The highest BCUT2D eigenvalue weighted by molar-refractivity contribution is 9.10. The number of aryl methyl sites for hydroxylation is 1. The van der Waals surface area contributed by atoms with Crippen molar-refractivity contribution in [1.82, 2.24) is 0 Å². The number of Topliss-reactive ketones (excluding diaryl/α,β-unsaturated/α-hetero) is 1. The first-order valence-corrected chi connectivity index (χ1v) is 5.92. The molecule has 1 rings (SSSR count). The molecule has 1 unspecified atom stereocenters. The molecule has 1 aromatic carbocycles. The number of hydrogen-bond acceptors (Lipinski definition) is 2. The van der Waals surface area contributed by atoms with Crippen molar-refractivity contribution in [2.24, 2.45) is 0 Å². The molecule has 0 bridgehead atoms. The summed E-state index contributed by atoms with van der Waals surface area (Å²) in [7, 11) is 0. The number of benzene rings is 1. The Balaban J connectivity index is 3.08. The summed E-state index contributed by atoms with van der Waals surface area (Å²) < 4.78 is 0. The van der Waals surface area contributed by atoms with Crippen molar-refractivity contribution in [3.63, 3.8) is 0 Å². The van der Waals surface area contributed by atoms with Gasteiger partial charge in [-0.05, 0) is 30.5 Å². The van der Waals surface area contributed by atoms with Crippen LogP contribution in [0.2, 0.25) is 0 Å². The molecule has 2 nitrogen and oxygen atoms in total. The fourth-order valence-corrected chi connectivity index (χ4v) is 1.76. The van der Waals surface area contributed by atoms with E-state index in [1.807, 2.05) is 26.0 Å². The van der Waals surface area contributed by atoms with E-state index in [0.717, 1.165) is 17.5 Å². The second kappa shape index (κ2) is 5.42. The van der Waals surface area contributed by atoms with Crippen molar-refractivity contribution in [1.29, 1.82) is 0 Å². The molecule has 0 radical (unpaired) electrons. The molecule has 82 valence electrons. The smallest absolute Gasteiger partial charge is 0.176 e. The molecule has 15 heavy (non-hydrogen) atoms. The van der Waals surface area contributed by atoms with Crippen LogP contribution < -0.4 is 0 Å². The van der Waals surface area contributed by atoms with E-state index >= 15 is 0 Å². The summed E-state index contributed by atoms with van der Waals surface area (Å²) in [5, 5.41) is 9.09. The van der Waals surface area contributed by atoms with Crippen molar-refractivity contribution in [3.8, 4) is 0 Å². The average molecular weight is 271 g/mol. The highest BCUT2D eigenvalue weighted by Crippen LogP contribution is 2.16. The second-order valence-electron chi connectivity index (χ2n) is 3.48. The van der Waals surface area contributed by atoms with Gasteiger partial charge in [-0.25, -0.2) is 0 Å². The van der Waals surface area contributed by atoms with Crippen LogP contribution >= 0.6 is 15.9 Å². The Hall–Kier alpha value is -0.670. The Bertz CT molecular complexity index is 359. The standard InChI is InChI=1S/C12H15BrO2/c1-3-9-6-10(12(15)8(2)13)4-5-11(9)7-14/h4-6,8,14H,3,7H2,1-2H3. The number of aliphatic hydroxyl groups excluding tert-OH is 1. The molecule has 0 aliphatic carbocycles. The Kier molecular flexibility index (Phi) is 4.48. The van der Waals surface area contributed by atoms with Gasteiger partial charge < -0.3 is 5.11 Å². The summed E-state index contributed by atoms with van der Waals surface area (Å²) in [6.07, 6.45) is 0.827. The summed E-state index contributed by atoms with van der Waals surface area (Å²) in [6.45, 7) is 3.86. The van der Waals surface area contributed by atoms with E-state index in [-0.39, 0.29) is 17.2 Å². The topological polar surface area (TPSA) is 37.3 Å². The van der Waals surface area contributed by atoms with Crippen molar-refractivity contribution in [2.45, 2.75) is 31.7 Å². The highest BCUT2D eigenvalue weighted by atomic mass is 79.9. The van der Waals surface area contributed by atoms with Crippen molar-refractivity contribution in [3.05, 3.63) is 34.9 Å². The van der Waals surface area contributed by atoms with Crippen LogP contribution in [0, 0.1) is 0 Å². The minimum atomic E-state index is -0.165. The lowest BCUT2D eigenvalue weighted by atomic mass is 9.99. The van der Waals surface area contributed by atoms with Gasteiger partial charge in [0.1, 0.15) is 0 Å². The van der Waals surface area contributed by atoms with Gasteiger partial charge in [0.2, 0.25) is 0 Å². The SMILES string of the molecule is CCc1cc(C(=O)C(C)Br)ccc1CO. The first-order valence-electron chi connectivity index (χ1n) is 5.01. The van der Waals surface area contributed by atoms with E-state index in [2.05, 4.69) is 15.9 Å². The van der Waals surface area contributed by atoms with E-state index in [1.165, 1.54) is 0 Å². The summed E-state index contributed by atoms with van der Waals surface area (Å²) in [4.78, 5) is 11.5. The van der Waals surface area contributed by atoms with Gasteiger partial charge in [0.25, 0.3) is 0 Å². The van der Waals surface area contributed by atoms with E-state index in [1.54, 1.807) is 6.07 Å². The normalized spacial score (nSPS) is 12.5. The summed E-state index contributed by atoms with van der Waals surface area (Å²) in [5.41, 5.74) is 2.64. The van der Waals surface area contributed by atoms with Crippen LogP contribution in [0.5, 0.6) is 0 Å². The maximum Gasteiger partial charge on any atom is 0.176 e. The van der Waals surface area contributed by atoms with E-state index in [0.29, 0.717) is 5.56 Å². The molecular formula is C12H15BrO2. The van der Waals surface area contributed by atoms with Crippen LogP contribution in [-0.4, -0.2) is 15.7 Å². The van der Waals surface area contributed by atoms with Crippen molar-refractivity contribution in [2.75, 3.05) is 0 Å². The molecule has 0 aliphatic rings. The van der Waals surface area contributed by atoms with Gasteiger partial charge in [-0.15, -0.1) is 0 Å². The molecule has 0 heterocycles. The zero-order chi connectivity index (χ0) is 11.4. The van der Waals surface area contributed by atoms with Crippen molar-refractivity contribution < 1.29 is 9.90 Å². The number of carbonyl (C=O) groups is 1. The molecule has 0 amide bonds. The highest BCUT2D eigenvalue weighted by Gasteiger charge is 2.13. The average Bonchev–Trinajstić information content (AvgIpc) is 2.26. The Morgan fingerprint density at radius 2 is 2.13 bits per heavy atom. The number of aliphatic hydroxyl groups is 1. The monoisotopic (exact) mass is 270 g/mol. The van der Waals surface area contributed by atoms with Gasteiger partial charge in [0.15, 0.2) is 5.78 Å². The van der Waals surface area contributed by atoms with Crippen LogP contribution in [0.15, 0.2) is 18.2 Å². The third-order valence-electron chi connectivity index (χ3n) is 2.40. The third kappa shape index (κ3) is 2.89. The molecule has 0 aromatic heterocycles. The first kappa shape index (κ1) is 12.4. The second-order valence-corrected chi connectivity index (χ2v) is 4.85. The number of rotatable bonds is 4. The lowest BCUT2D eigenvalue weighted by Crippen LogP contribution is -2.10. The summed E-state index contributed by atoms with van der Waals surface area (Å²) in [6, 6.07) is 5.46. The predicted molar refractivity (Wildman–Crippen MR) is 64.5 cm³/mol. The van der Waals surface area contributed by atoms with Crippen LogP contribution in [-0.2, 0) is 13.0 Å². The summed E-state index contributed by atoms with van der Waals surface area (Å²) in [5.74, 6) is 0.0780.